The third kappa shape index (κ3) is 6.71. The Morgan fingerprint density at radius 3 is 2.30 bits per heavy atom. The molecule has 1 N–H and O–H groups in total. The van der Waals surface area contributed by atoms with Gasteiger partial charge in [0.15, 0.2) is 0 Å². The molecule has 1 fully saturated rings. The predicted octanol–water partition coefficient (Wildman–Crippen LogP) is 3.56. The van der Waals surface area contributed by atoms with Crippen molar-refractivity contribution < 1.29 is 13.2 Å². The lowest BCUT2D eigenvalue weighted by atomic mass is 10.0. The molecule has 1 aromatic carbocycles. The third-order valence-electron chi connectivity index (χ3n) is 4.90. The van der Waals surface area contributed by atoms with Crippen molar-refractivity contribution in [3.8, 4) is 0 Å². The van der Waals surface area contributed by atoms with Crippen LogP contribution in [0.15, 0.2) is 12.1 Å². The van der Waals surface area contributed by atoms with Gasteiger partial charge in [-0.15, -0.1) is 0 Å². The van der Waals surface area contributed by atoms with E-state index in [-0.39, 0.29) is 12.5 Å². The molecule has 0 bridgehead atoms. The Balaban J connectivity index is 1.95. The summed E-state index contributed by atoms with van der Waals surface area (Å²) in [7, 11) is -3.55. The summed E-state index contributed by atoms with van der Waals surface area (Å²) < 4.78 is 25.9. The highest BCUT2D eigenvalue weighted by Gasteiger charge is 2.24. The summed E-state index contributed by atoms with van der Waals surface area (Å²) in [5, 5.41) is 3.59. The standard InChI is InChI=1S/C20H32N2O3S2/c1-15-12-16(2)20(17(3)13-15)22(27(4,24)25)14-19(23)21-10-11-26-18-8-6-5-7-9-18/h12-13,18H,5-11,14H2,1-4H3,(H,21,23). The molecule has 0 aliphatic heterocycles. The molecule has 1 aliphatic rings. The van der Waals surface area contributed by atoms with Gasteiger partial charge in [0.2, 0.25) is 15.9 Å². The van der Waals surface area contributed by atoms with Gasteiger partial charge in [0.25, 0.3) is 0 Å². The van der Waals surface area contributed by atoms with Gasteiger partial charge in [-0.3, -0.25) is 9.10 Å². The second-order valence-electron chi connectivity index (χ2n) is 7.50. The summed E-state index contributed by atoms with van der Waals surface area (Å²) in [5.41, 5.74) is 3.40. The van der Waals surface area contributed by atoms with Crippen molar-refractivity contribution in [2.24, 2.45) is 0 Å². The van der Waals surface area contributed by atoms with Crippen LogP contribution in [-0.4, -0.2) is 44.7 Å². The molecule has 2 rings (SSSR count). The van der Waals surface area contributed by atoms with Crippen molar-refractivity contribution in [1.29, 1.82) is 0 Å². The van der Waals surface area contributed by atoms with Crippen molar-refractivity contribution in [3.63, 3.8) is 0 Å². The van der Waals surface area contributed by atoms with Gasteiger partial charge >= 0.3 is 0 Å². The van der Waals surface area contributed by atoms with E-state index in [1.165, 1.54) is 36.4 Å². The molecule has 0 heterocycles. The molecule has 1 saturated carbocycles. The van der Waals surface area contributed by atoms with Crippen molar-refractivity contribution in [3.05, 3.63) is 28.8 Å². The van der Waals surface area contributed by atoms with Crippen molar-refractivity contribution >= 4 is 33.4 Å². The molecule has 7 heteroatoms. The first-order valence-corrected chi connectivity index (χ1v) is 12.5. The molecule has 0 saturated heterocycles. The molecule has 1 amide bonds. The number of rotatable bonds is 8. The maximum atomic E-state index is 12.4. The quantitative estimate of drug-likeness (QED) is 0.663. The van der Waals surface area contributed by atoms with E-state index in [1.807, 2.05) is 44.7 Å². The Morgan fingerprint density at radius 1 is 1.15 bits per heavy atom. The Bertz CT molecular complexity index is 733. The fourth-order valence-electron chi connectivity index (χ4n) is 3.76. The van der Waals surface area contributed by atoms with Gasteiger partial charge in [-0.2, -0.15) is 11.8 Å². The minimum Gasteiger partial charge on any atom is -0.354 e. The zero-order chi connectivity index (χ0) is 20.0. The van der Waals surface area contributed by atoms with Crippen LogP contribution < -0.4 is 9.62 Å². The zero-order valence-corrected chi connectivity index (χ0v) is 18.5. The molecule has 0 radical (unpaired) electrons. The number of aryl methyl sites for hydroxylation is 3. The van der Waals surface area contributed by atoms with Crippen LogP contribution in [0.4, 0.5) is 5.69 Å². The van der Waals surface area contributed by atoms with Crippen molar-refractivity contribution in [2.75, 3.05) is 29.4 Å². The highest BCUT2D eigenvalue weighted by atomic mass is 32.2. The fraction of sp³-hybridized carbons (Fsp3) is 0.650. The van der Waals surface area contributed by atoms with E-state index in [9.17, 15) is 13.2 Å². The van der Waals surface area contributed by atoms with Crippen molar-refractivity contribution in [2.45, 2.75) is 58.1 Å². The summed E-state index contributed by atoms with van der Waals surface area (Å²) in [6.45, 7) is 6.13. The maximum absolute atomic E-state index is 12.4. The Labute approximate surface area is 168 Å². The molecule has 0 unspecified atom stereocenters. The van der Waals surface area contributed by atoms with Crippen LogP contribution in [0.2, 0.25) is 0 Å². The summed E-state index contributed by atoms with van der Waals surface area (Å²) in [4.78, 5) is 12.4. The molecule has 0 atom stereocenters. The van der Waals surface area contributed by atoms with E-state index in [0.717, 1.165) is 28.7 Å². The number of sulfonamides is 1. The van der Waals surface area contributed by atoms with E-state index >= 15 is 0 Å². The van der Waals surface area contributed by atoms with Crippen LogP contribution >= 0.6 is 11.8 Å². The molecule has 27 heavy (non-hydrogen) atoms. The maximum Gasteiger partial charge on any atom is 0.240 e. The van der Waals surface area contributed by atoms with Gasteiger partial charge in [0.05, 0.1) is 11.9 Å². The lowest BCUT2D eigenvalue weighted by molar-refractivity contribution is -0.119. The SMILES string of the molecule is Cc1cc(C)c(N(CC(=O)NCCSC2CCCCC2)S(C)(=O)=O)c(C)c1. The summed E-state index contributed by atoms with van der Waals surface area (Å²) in [6.07, 6.45) is 7.65. The molecule has 1 aromatic rings. The molecular formula is C20H32N2O3S2. The van der Waals surface area contributed by atoms with E-state index < -0.39 is 10.0 Å². The number of hydrogen-bond acceptors (Lipinski definition) is 4. The number of anilines is 1. The second kappa shape index (κ2) is 9.82. The van der Waals surface area contributed by atoms with Crippen LogP contribution in [0.5, 0.6) is 0 Å². The van der Waals surface area contributed by atoms with Crippen LogP contribution in [0.1, 0.15) is 48.8 Å². The van der Waals surface area contributed by atoms with Crippen LogP contribution in [-0.2, 0) is 14.8 Å². The van der Waals surface area contributed by atoms with Crippen LogP contribution in [0.25, 0.3) is 0 Å². The van der Waals surface area contributed by atoms with E-state index in [0.29, 0.717) is 17.5 Å². The lowest BCUT2D eigenvalue weighted by Crippen LogP contribution is -2.41. The molecule has 0 aromatic heterocycles. The summed E-state index contributed by atoms with van der Waals surface area (Å²) in [5.74, 6) is 0.613. The predicted molar refractivity (Wildman–Crippen MR) is 115 cm³/mol. The Kier molecular flexibility index (Phi) is 8.04. The number of carbonyl (C=O) groups excluding carboxylic acids is 1. The minimum atomic E-state index is -3.55. The lowest BCUT2D eigenvalue weighted by Gasteiger charge is -2.26. The Hall–Kier alpha value is -1.21. The van der Waals surface area contributed by atoms with Gasteiger partial charge < -0.3 is 5.32 Å². The first kappa shape index (κ1) is 22.1. The highest BCUT2D eigenvalue weighted by Crippen LogP contribution is 2.29. The van der Waals surface area contributed by atoms with Crippen molar-refractivity contribution in [1.82, 2.24) is 5.32 Å². The molecule has 5 nitrogen and oxygen atoms in total. The molecule has 152 valence electrons. The highest BCUT2D eigenvalue weighted by molar-refractivity contribution is 7.99. The molecule has 0 spiro atoms. The number of nitrogens with one attached hydrogen (secondary N) is 1. The minimum absolute atomic E-state index is 0.183. The average Bonchev–Trinajstić information content (AvgIpc) is 2.57. The summed E-state index contributed by atoms with van der Waals surface area (Å²) in [6, 6.07) is 3.89. The second-order valence-corrected chi connectivity index (χ2v) is 10.8. The smallest absolute Gasteiger partial charge is 0.240 e. The number of carbonyl (C=O) groups is 1. The topological polar surface area (TPSA) is 66.5 Å². The van der Waals surface area contributed by atoms with E-state index in [1.54, 1.807) is 0 Å². The number of hydrogen-bond donors (Lipinski definition) is 1. The summed E-state index contributed by atoms with van der Waals surface area (Å²) >= 11 is 1.92. The monoisotopic (exact) mass is 412 g/mol. The first-order valence-electron chi connectivity index (χ1n) is 9.62. The average molecular weight is 413 g/mol. The number of thioether (sulfide) groups is 1. The van der Waals surface area contributed by atoms with E-state index in [4.69, 9.17) is 0 Å². The number of amides is 1. The first-order chi connectivity index (χ1) is 12.7. The number of nitrogens with zero attached hydrogens (tertiary/aromatic N) is 1. The van der Waals surface area contributed by atoms with Gasteiger partial charge in [0, 0.05) is 17.5 Å². The third-order valence-corrected chi connectivity index (χ3v) is 7.40. The fourth-order valence-corrected chi connectivity index (χ4v) is 5.95. The largest absolute Gasteiger partial charge is 0.354 e. The van der Waals surface area contributed by atoms with Gasteiger partial charge in [-0.25, -0.2) is 8.42 Å². The van der Waals surface area contributed by atoms with Crippen LogP contribution in [0.3, 0.4) is 0 Å². The van der Waals surface area contributed by atoms with Gasteiger partial charge in [-0.1, -0.05) is 37.0 Å². The number of benzene rings is 1. The normalized spacial score (nSPS) is 15.6. The zero-order valence-electron chi connectivity index (χ0n) is 16.9. The van der Waals surface area contributed by atoms with Crippen LogP contribution in [0, 0.1) is 20.8 Å². The van der Waals surface area contributed by atoms with E-state index in [2.05, 4.69) is 5.32 Å². The molecular weight excluding hydrogens is 380 g/mol. The van der Waals surface area contributed by atoms with Gasteiger partial charge in [-0.05, 0) is 44.7 Å². The Morgan fingerprint density at radius 2 is 1.74 bits per heavy atom. The molecule has 1 aliphatic carbocycles. The van der Waals surface area contributed by atoms with Gasteiger partial charge in [0.1, 0.15) is 6.54 Å².